The molecule has 1 unspecified atom stereocenters. The zero-order chi connectivity index (χ0) is 13.9. The number of hydrogen-bond donors (Lipinski definition) is 1. The molecule has 0 radical (unpaired) electrons. The number of aromatic nitrogens is 2. The zero-order valence-corrected chi connectivity index (χ0v) is 11.6. The smallest absolute Gasteiger partial charge is 0.223 e. The molecule has 0 aliphatic heterocycles. The monoisotopic (exact) mass is 271 g/mol. The lowest BCUT2D eigenvalue weighted by molar-refractivity contribution is 0.385. The van der Waals surface area contributed by atoms with Gasteiger partial charge >= 0.3 is 0 Å². The van der Waals surface area contributed by atoms with Gasteiger partial charge in [-0.2, -0.15) is 4.98 Å². The number of aryl methyl sites for hydroxylation is 1. The van der Waals surface area contributed by atoms with Crippen molar-refractivity contribution in [2.75, 3.05) is 6.54 Å². The fraction of sp³-hybridized carbons (Fsp3) is 0.333. The van der Waals surface area contributed by atoms with E-state index < -0.39 is 0 Å². The summed E-state index contributed by atoms with van der Waals surface area (Å²) in [6, 6.07) is 10.2. The van der Waals surface area contributed by atoms with Crippen LogP contribution in [0.1, 0.15) is 30.4 Å². The molecule has 3 rings (SSSR count). The van der Waals surface area contributed by atoms with Gasteiger partial charge in [0.15, 0.2) is 5.82 Å². The fourth-order valence-corrected chi connectivity index (χ4v) is 2.16. The third-order valence-electron chi connectivity index (χ3n) is 3.24. The minimum absolute atomic E-state index is 0.149. The summed E-state index contributed by atoms with van der Waals surface area (Å²) >= 11 is 0. The largest absolute Gasteiger partial charge is 0.459 e. The van der Waals surface area contributed by atoms with Crippen LogP contribution in [0.25, 0.3) is 11.0 Å². The summed E-state index contributed by atoms with van der Waals surface area (Å²) in [5.74, 6) is 2.27. The summed E-state index contributed by atoms with van der Waals surface area (Å²) < 4.78 is 10.8. The lowest BCUT2D eigenvalue weighted by atomic mass is 10.2. The summed E-state index contributed by atoms with van der Waals surface area (Å²) in [5.41, 5.74) is 0.921. The summed E-state index contributed by atoms with van der Waals surface area (Å²) in [4.78, 5) is 4.17. The Balaban J connectivity index is 1.59. The van der Waals surface area contributed by atoms with Gasteiger partial charge in [-0.05, 0) is 19.1 Å². The maximum atomic E-state index is 5.82. The molecule has 0 bridgehead atoms. The summed E-state index contributed by atoms with van der Waals surface area (Å²) in [6.45, 7) is 4.65. The van der Waals surface area contributed by atoms with E-state index in [1.807, 2.05) is 18.2 Å². The molecule has 0 aliphatic rings. The average Bonchev–Trinajstić information content (AvgIpc) is 3.04. The van der Waals surface area contributed by atoms with Gasteiger partial charge in [-0.15, -0.1) is 0 Å². The van der Waals surface area contributed by atoms with Crippen LogP contribution in [0.15, 0.2) is 39.3 Å². The molecule has 5 nitrogen and oxygen atoms in total. The molecule has 5 heteroatoms. The Morgan fingerprint density at radius 2 is 2.15 bits per heavy atom. The lowest BCUT2D eigenvalue weighted by Gasteiger charge is -2.09. The molecule has 2 aromatic heterocycles. The molecule has 2 heterocycles. The van der Waals surface area contributed by atoms with Crippen LogP contribution in [0, 0.1) is 6.92 Å². The molecule has 20 heavy (non-hydrogen) atoms. The van der Waals surface area contributed by atoms with Crippen LogP contribution < -0.4 is 5.32 Å². The van der Waals surface area contributed by atoms with Crippen LogP contribution in [0.2, 0.25) is 0 Å². The first-order chi connectivity index (χ1) is 9.72. The Morgan fingerprint density at radius 1 is 1.30 bits per heavy atom. The van der Waals surface area contributed by atoms with Crippen LogP contribution in [-0.4, -0.2) is 16.7 Å². The van der Waals surface area contributed by atoms with Crippen molar-refractivity contribution in [3.63, 3.8) is 0 Å². The van der Waals surface area contributed by atoms with E-state index in [1.165, 1.54) is 0 Å². The van der Waals surface area contributed by atoms with Gasteiger partial charge in [0.1, 0.15) is 11.3 Å². The van der Waals surface area contributed by atoms with Crippen molar-refractivity contribution in [1.29, 1.82) is 0 Å². The van der Waals surface area contributed by atoms with Crippen molar-refractivity contribution >= 4 is 11.0 Å². The van der Waals surface area contributed by atoms with Gasteiger partial charge in [0.2, 0.25) is 5.89 Å². The van der Waals surface area contributed by atoms with E-state index in [0.717, 1.165) is 35.5 Å². The predicted octanol–water partition coefficient (Wildman–Crippen LogP) is 3.02. The van der Waals surface area contributed by atoms with E-state index in [0.29, 0.717) is 5.89 Å². The minimum Gasteiger partial charge on any atom is -0.459 e. The van der Waals surface area contributed by atoms with Crippen LogP contribution >= 0.6 is 0 Å². The van der Waals surface area contributed by atoms with E-state index in [9.17, 15) is 0 Å². The van der Waals surface area contributed by atoms with Crippen molar-refractivity contribution in [2.24, 2.45) is 0 Å². The maximum Gasteiger partial charge on any atom is 0.223 e. The summed E-state index contributed by atoms with van der Waals surface area (Å²) in [6.07, 6.45) is 0.738. The highest BCUT2D eigenvalue weighted by Gasteiger charge is 2.11. The van der Waals surface area contributed by atoms with Gasteiger partial charge < -0.3 is 14.3 Å². The molecule has 0 saturated heterocycles. The van der Waals surface area contributed by atoms with Gasteiger partial charge in [0.25, 0.3) is 0 Å². The van der Waals surface area contributed by atoms with Crippen molar-refractivity contribution in [3.8, 4) is 0 Å². The van der Waals surface area contributed by atoms with E-state index in [-0.39, 0.29) is 6.04 Å². The Hall–Kier alpha value is -2.14. The third-order valence-corrected chi connectivity index (χ3v) is 3.24. The second-order valence-electron chi connectivity index (χ2n) is 4.84. The van der Waals surface area contributed by atoms with Crippen molar-refractivity contribution < 1.29 is 8.94 Å². The second kappa shape index (κ2) is 5.46. The molecule has 0 amide bonds. The fourth-order valence-electron chi connectivity index (χ4n) is 2.16. The molecule has 0 aliphatic carbocycles. The van der Waals surface area contributed by atoms with Gasteiger partial charge in [-0.25, -0.2) is 0 Å². The molecule has 104 valence electrons. The zero-order valence-electron chi connectivity index (χ0n) is 11.6. The molecular weight excluding hydrogens is 254 g/mol. The molecule has 3 aromatic rings. The Morgan fingerprint density at radius 3 is 2.90 bits per heavy atom. The number of benzene rings is 1. The normalized spacial score (nSPS) is 12.9. The Kier molecular flexibility index (Phi) is 3.52. The molecule has 0 fully saturated rings. The molecular formula is C15H17N3O2. The van der Waals surface area contributed by atoms with Gasteiger partial charge in [-0.1, -0.05) is 23.4 Å². The van der Waals surface area contributed by atoms with Gasteiger partial charge in [-0.3, -0.25) is 0 Å². The first-order valence-electron chi connectivity index (χ1n) is 6.73. The van der Waals surface area contributed by atoms with Crippen LogP contribution in [0.3, 0.4) is 0 Å². The minimum atomic E-state index is 0.149. The van der Waals surface area contributed by atoms with E-state index in [1.54, 1.807) is 6.92 Å². The third kappa shape index (κ3) is 2.72. The van der Waals surface area contributed by atoms with E-state index in [2.05, 4.69) is 34.5 Å². The van der Waals surface area contributed by atoms with Crippen molar-refractivity contribution in [3.05, 3.63) is 47.8 Å². The molecule has 0 saturated carbocycles. The lowest BCUT2D eigenvalue weighted by Crippen LogP contribution is -2.21. The highest BCUT2D eigenvalue weighted by Crippen LogP contribution is 2.23. The first kappa shape index (κ1) is 12.9. The van der Waals surface area contributed by atoms with Crippen LogP contribution in [0.4, 0.5) is 0 Å². The highest BCUT2D eigenvalue weighted by atomic mass is 16.5. The standard InChI is InChI=1S/C15H17N3O2/c1-10(16-8-7-15-17-11(2)20-18-15)14-9-12-5-3-4-6-13(12)19-14/h3-6,9-10,16H,7-8H2,1-2H3. The molecule has 0 spiro atoms. The summed E-state index contributed by atoms with van der Waals surface area (Å²) in [5, 5.41) is 8.40. The number of rotatable bonds is 5. The quantitative estimate of drug-likeness (QED) is 0.772. The molecule has 1 aromatic carbocycles. The Labute approximate surface area is 117 Å². The van der Waals surface area contributed by atoms with Crippen LogP contribution in [-0.2, 0) is 6.42 Å². The van der Waals surface area contributed by atoms with Gasteiger partial charge in [0.05, 0.1) is 6.04 Å². The number of furan rings is 1. The molecule has 1 N–H and O–H groups in total. The van der Waals surface area contributed by atoms with E-state index in [4.69, 9.17) is 8.94 Å². The van der Waals surface area contributed by atoms with Gasteiger partial charge in [0, 0.05) is 25.3 Å². The summed E-state index contributed by atoms with van der Waals surface area (Å²) in [7, 11) is 0. The number of nitrogens with zero attached hydrogens (tertiary/aromatic N) is 2. The number of nitrogens with one attached hydrogen (secondary N) is 1. The average molecular weight is 271 g/mol. The predicted molar refractivity (Wildman–Crippen MR) is 75.4 cm³/mol. The number of fused-ring (bicyclic) bond motifs is 1. The Bertz CT molecular complexity index is 669. The van der Waals surface area contributed by atoms with Crippen molar-refractivity contribution in [1.82, 2.24) is 15.5 Å². The first-order valence-corrected chi connectivity index (χ1v) is 6.73. The topological polar surface area (TPSA) is 64.1 Å². The number of hydrogen-bond acceptors (Lipinski definition) is 5. The highest BCUT2D eigenvalue weighted by molar-refractivity contribution is 5.77. The molecule has 1 atom stereocenters. The maximum absolute atomic E-state index is 5.82. The van der Waals surface area contributed by atoms with Crippen LogP contribution in [0.5, 0.6) is 0 Å². The SMILES string of the molecule is Cc1nc(CCNC(C)c2cc3ccccc3o2)no1. The second-order valence-corrected chi connectivity index (χ2v) is 4.84. The van der Waals surface area contributed by atoms with Crippen molar-refractivity contribution in [2.45, 2.75) is 26.3 Å². The number of para-hydroxylation sites is 1. The van der Waals surface area contributed by atoms with E-state index >= 15 is 0 Å².